The topological polar surface area (TPSA) is 76.2 Å². The quantitative estimate of drug-likeness (QED) is 0.748. The van der Waals surface area contributed by atoms with Gasteiger partial charge in [0.15, 0.2) is 0 Å². The smallest absolute Gasteiger partial charge is 0.248 e. The maximum atomic E-state index is 13.0. The third kappa shape index (κ3) is 2.56. The summed E-state index contributed by atoms with van der Waals surface area (Å²) in [5.74, 6) is 0.00440. The predicted molar refractivity (Wildman–Crippen MR) is 89.3 cm³/mol. The standard InChI is InChI=1S/C17H20N6O/c24-16(17(5-8-18-9-6-17)23-11-3-7-20-23)19-12-14-13-22-10-2-1-4-15(22)21-14/h1-4,7,10-11,13,18H,5-6,8-9,12H2,(H,19,24). The number of fused-ring (bicyclic) bond motifs is 1. The number of rotatable bonds is 4. The van der Waals surface area contributed by atoms with Gasteiger partial charge in [0, 0.05) is 24.8 Å². The highest BCUT2D eigenvalue weighted by Crippen LogP contribution is 2.27. The van der Waals surface area contributed by atoms with E-state index in [9.17, 15) is 4.79 Å². The van der Waals surface area contributed by atoms with E-state index in [1.54, 1.807) is 10.9 Å². The van der Waals surface area contributed by atoms with Gasteiger partial charge >= 0.3 is 0 Å². The molecule has 7 heteroatoms. The molecular formula is C17H20N6O. The van der Waals surface area contributed by atoms with Crippen molar-refractivity contribution in [3.05, 3.63) is 54.7 Å². The zero-order valence-electron chi connectivity index (χ0n) is 13.4. The lowest BCUT2D eigenvalue weighted by molar-refractivity contribution is -0.132. The molecule has 0 spiro atoms. The zero-order chi connectivity index (χ0) is 16.4. The van der Waals surface area contributed by atoms with E-state index in [2.05, 4.69) is 20.7 Å². The number of carbonyl (C=O) groups excluding carboxylic acids is 1. The van der Waals surface area contributed by atoms with Crippen LogP contribution < -0.4 is 10.6 Å². The second-order valence-corrected chi connectivity index (χ2v) is 6.11. The van der Waals surface area contributed by atoms with Gasteiger partial charge in [-0.1, -0.05) is 6.07 Å². The van der Waals surface area contributed by atoms with Crippen molar-refractivity contribution in [1.82, 2.24) is 29.8 Å². The summed E-state index contributed by atoms with van der Waals surface area (Å²) in [6, 6.07) is 7.72. The summed E-state index contributed by atoms with van der Waals surface area (Å²) >= 11 is 0. The van der Waals surface area contributed by atoms with Gasteiger partial charge in [0.2, 0.25) is 5.91 Å². The molecule has 1 saturated heterocycles. The molecule has 1 amide bonds. The van der Waals surface area contributed by atoms with Crippen LogP contribution in [0, 0.1) is 0 Å². The van der Waals surface area contributed by atoms with Crippen molar-refractivity contribution in [2.24, 2.45) is 0 Å². The van der Waals surface area contributed by atoms with Gasteiger partial charge in [0.25, 0.3) is 0 Å². The highest BCUT2D eigenvalue weighted by molar-refractivity contribution is 5.84. The fourth-order valence-corrected chi connectivity index (χ4v) is 3.33. The molecule has 0 unspecified atom stereocenters. The largest absolute Gasteiger partial charge is 0.348 e. The van der Waals surface area contributed by atoms with Crippen molar-refractivity contribution in [2.75, 3.05) is 13.1 Å². The van der Waals surface area contributed by atoms with Crippen LogP contribution in [-0.4, -0.2) is 38.2 Å². The van der Waals surface area contributed by atoms with Gasteiger partial charge in [-0.15, -0.1) is 0 Å². The third-order valence-corrected chi connectivity index (χ3v) is 4.64. The highest BCUT2D eigenvalue weighted by atomic mass is 16.2. The van der Waals surface area contributed by atoms with E-state index in [-0.39, 0.29) is 5.91 Å². The van der Waals surface area contributed by atoms with Crippen LogP contribution in [0.15, 0.2) is 49.1 Å². The van der Waals surface area contributed by atoms with Crippen LogP contribution in [-0.2, 0) is 16.9 Å². The molecule has 0 saturated carbocycles. The molecule has 3 aromatic rings. The summed E-state index contributed by atoms with van der Waals surface area (Å²) < 4.78 is 3.75. The minimum absolute atomic E-state index is 0.00440. The molecule has 0 bridgehead atoms. The number of pyridine rings is 1. The van der Waals surface area contributed by atoms with Gasteiger partial charge in [-0.3, -0.25) is 9.48 Å². The van der Waals surface area contributed by atoms with Gasteiger partial charge in [0.1, 0.15) is 11.2 Å². The minimum atomic E-state index is -0.617. The first kappa shape index (κ1) is 14.9. The molecule has 2 N–H and O–H groups in total. The summed E-state index contributed by atoms with van der Waals surface area (Å²) in [6.07, 6.45) is 8.94. The first-order valence-corrected chi connectivity index (χ1v) is 8.20. The second kappa shape index (κ2) is 6.09. The lowest BCUT2D eigenvalue weighted by Crippen LogP contribution is -2.54. The molecule has 1 aliphatic heterocycles. The van der Waals surface area contributed by atoms with E-state index >= 15 is 0 Å². The number of nitrogens with one attached hydrogen (secondary N) is 2. The van der Waals surface area contributed by atoms with Crippen molar-refractivity contribution in [3.63, 3.8) is 0 Å². The minimum Gasteiger partial charge on any atom is -0.348 e. The van der Waals surface area contributed by atoms with Crippen molar-refractivity contribution in [2.45, 2.75) is 24.9 Å². The molecule has 0 aliphatic carbocycles. The van der Waals surface area contributed by atoms with E-state index in [1.807, 2.05) is 47.3 Å². The van der Waals surface area contributed by atoms with Crippen molar-refractivity contribution in [1.29, 1.82) is 0 Å². The van der Waals surface area contributed by atoms with Gasteiger partial charge in [-0.25, -0.2) is 4.98 Å². The fourth-order valence-electron chi connectivity index (χ4n) is 3.33. The van der Waals surface area contributed by atoms with Crippen molar-refractivity contribution in [3.8, 4) is 0 Å². The molecule has 124 valence electrons. The molecule has 3 aromatic heterocycles. The summed E-state index contributed by atoms with van der Waals surface area (Å²) in [4.78, 5) is 17.5. The number of hydrogen-bond acceptors (Lipinski definition) is 4. The van der Waals surface area contributed by atoms with E-state index in [0.29, 0.717) is 6.54 Å². The summed E-state index contributed by atoms with van der Waals surface area (Å²) in [5, 5.41) is 10.7. The van der Waals surface area contributed by atoms with Gasteiger partial charge < -0.3 is 15.0 Å². The number of nitrogens with zero attached hydrogens (tertiary/aromatic N) is 4. The number of imidazole rings is 1. The Kier molecular flexibility index (Phi) is 3.78. The third-order valence-electron chi connectivity index (χ3n) is 4.64. The van der Waals surface area contributed by atoms with E-state index in [4.69, 9.17) is 0 Å². The van der Waals surface area contributed by atoms with E-state index in [0.717, 1.165) is 37.3 Å². The summed E-state index contributed by atoms with van der Waals surface area (Å²) in [5.41, 5.74) is 1.11. The Bertz CT molecular complexity index is 799. The number of piperidine rings is 1. The summed E-state index contributed by atoms with van der Waals surface area (Å²) in [7, 11) is 0. The number of hydrogen-bond donors (Lipinski definition) is 2. The molecule has 0 aromatic carbocycles. The highest BCUT2D eigenvalue weighted by Gasteiger charge is 2.41. The molecule has 4 rings (SSSR count). The van der Waals surface area contributed by atoms with Crippen LogP contribution in [0.2, 0.25) is 0 Å². The first-order chi connectivity index (χ1) is 11.8. The number of amides is 1. The maximum Gasteiger partial charge on any atom is 0.248 e. The molecule has 7 nitrogen and oxygen atoms in total. The van der Waals surface area contributed by atoms with Crippen LogP contribution in [0.5, 0.6) is 0 Å². The van der Waals surface area contributed by atoms with Crippen LogP contribution in [0.25, 0.3) is 5.65 Å². The molecule has 24 heavy (non-hydrogen) atoms. The molecule has 0 radical (unpaired) electrons. The Morgan fingerprint density at radius 1 is 1.25 bits per heavy atom. The molecule has 1 fully saturated rings. The molecule has 1 aliphatic rings. The monoisotopic (exact) mass is 324 g/mol. The SMILES string of the molecule is O=C(NCc1cn2ccccc2n1)C1(n2cccn2)CCNCC1. The number of carbonyl (C=O) groups is 1. The Labute approximate surface area is 139 Å². The summed E-state index contributed by atoms with van der Waals surface area (Å²) in [6.45, 7) is 2.03. The van der Waals surface area contributed by atoms with Crippen LogP contribution in [0.4, 0.5) is 0 Å². The Hall–Kier alpha value is -2.67. The molecule has 0 atom stereocenters. The van der Waals surface area contributed by atoms with Crippen molar-refractivity contribution < 1.29 is 4.79 Å². The van der Waals surface area contributed by atoms with E-state index in [1.165, 1.54) is 0 Å². The average Bonchev–Trinajstić information content (AvgIpc) is 3.29. The van der Waals surface area contributed by atoms with Gasteiger partial charge in [-0.2, -0.15) is 5.10 Å². The first-order valence-electron chi connectivity index (χ1n) is 8.20. The molecule has 4 heterocycles. The second-order valence-electron chi connectivity index (χ2n) is 6.11. The average molecular weight is 324 g/mol. The zero-order valence-corrected chi connectivity index (χ0v) is 13.4. The predicted octanol–water partition coefficient (Wildman–Crippen LogP) is 0.926. The van der Waals surface area contributed by atoms with Gasteiger partial charge in [-0.05, 0) is 44.1 Å². The molecular weight excluding hydrogens is 304 g/mol. The van der Waals surface area contributed by atoms with Gasteiger partial charge in [0.05, 0.1) is 12.2 Å². The Morgan fingerprint density at radius 2 is 2.12 bits per heavy atom. The maximum absolute atomic E-state index is 13.0. The number of aromatic nitrogens is 4. The lowest BCUT2D eigenvalue weighted by atomic mass is 9.87. The van der Waals surface area contributed by atoms with Crippen LogP contribution >= 0.6 is 0 Å². The van der Waals surface area contributed by atoms with E-state index < -0.39 is 5.54 Å². The van der Waals surface area contributed by atoms with Crippen molar-refractivity contribution >= 4 is 11.6 Å². The Morgan fingerprint density at radius 3 is 2.88 bits per heavy atom. The van der Waals surface area contributed by atoms with Crippen LogP contribution in [0.3, 0.4) is 0 Å². The lowest BCUT2D eigenvalue weighted by Gasteiger charge is -2.36. The normalized spacial score (nSPS) is 17.0. The fraction of sp³-hybridized carbons (Fsp3) is 0.353. The Balaban J connectivity index is 1.53. The van der Waals surface area contributed by atoms with Crippen LogP contribution in [0.1, 0.15) is 18.5 Å².